The van der Waals surface area contributed by atoms with Crippen LogP contribution in [0.4, 0.5) is 19.1 Å². The lowest BCUT2D eigenvalue weighted by Crippen LogP contribution is -2.18. The molecule has 2 heterocycles. The number of nitrogens with zero attached hydrogens (tertiary/aromatic N) is 3. The molecule has 0 aliphatic carbocycles. The Labute approximate surface area is 133 Å². The van der Waals surface area contributed by atoms with Crippen molar-refractivity contribution in [1.29, 1.82) is 0 Å². The van der Waals surface area contributed by atoms with Crippen molar-refractivity contribution in [2.75, 3.05) is 5.73 Å². The van der Waals surface area contributed by atoms with Gasteiger partial charge in [0, 0.05) is 23.8 Å². The molecular weight excluding hydrogens is 349 g/mol. The molecule has 0 saturated carbocycles. The van der Waals surface area contributed by atoms with Gasteiger partial charge < -0.3 is 10.5 Å². The molecule has 0 atom stereocenters. The molecule has 0 aliphatic rings. The summed E-state index contributed by atoms with van der Waals surface area (Å²) in [6.45, 7) is 0. The molecule has 0 aliphatic heterocycles. The van der Waals surface area contributed by atoms with Crippen molar-refractivity contribution in [3.8, 4) is 5.75 Å². The van der Waals surface area contributed by atoms with Gasteiger partial charge in [0.2, 0.25) is 5.95 Å². The third kappa shape index (κ3) is 2.97. The van der Waals surface area contributed by atoms with Gasteiger partial charge in [-0.25, -0.2) is 17.4 Å². The smallest absolute Gasteiger partial charge is 0.406 e. The van der Waals surface area contributed by atoms with Gasteiger partial charge in [0.25, 0.3) is 10.0 Å². The second-order valence-corrected chi connectivity index (χ2v) is 6.46. The highest BCUT2D eigenvalue weighted by Gasteiger charge is 2.31. The Balaban J connectivity index is 2.10. The minimum atomic E-state index is -4.93. The van der Waals surface area contributed by atoms with Crippen molar-refractivity contribution in [3.63, 3.8) is 0 Å². The van der Waals surface area contributed by atoms with E-state index in [0.29, 0.717) is 5.39 Å². The molecule has 0 radical (unpaired) electrons. The van der Waals surface area contributed by atoms with Gasteiger partial charge in [-0.15, -0.1) is 13.2 Å². The summed E-state index contributed by atoms with van der Waals surface area (Å²) in [5, 5.41) is 0.412. The number of rotatable bonds is 3. The van der Waals surface area contributed by atoms with E-state index in [1.54, 1.807) is 0 Å². The van der Waals surface area contributed by atoms with Crippen LogP contribution in [0, 0.1) is 0 Å². The van der Waals surface area contributed by atoms with Gasteiger partial charge in [0.1, 0.15) is 5.75 Å². The number of hydrogen-bond donors (Lipinski definition) is 1. The molecule has 3 rings (SSSR count). The number of halogens is 3. The van der Waals surface area contributed by atoms with Gasteiger partial charge in [-0.2, -0.15) is 4.98 Å². The predicted molar refractivity (Wildman–Crippen MR) is 77.6 cm³/mol. The molecular formula is C13H9F3N4O3S. The van der Waals surface area contributed by atoms with Crippen LogP contribution in [-0.2, 0) is 10.0 Å². The maximum atomic E-state index is 12.7. The quantitative estimate of drug-likeness (QED) is 0.770. The molecule has 11 heteroatoms. The van der Waals surface area contributed by atoms with Crippen LogP contribution in [0.25, 0.3) is 11.0 Å². The first-order valence-electron chi connectivity index (χ1n) is 6.38. The zero-order chi connectivity index (χ0) is 17.5. The van der Waals surface area contributed by atoms with E-state index in [0.717, 1.165) is 28.2 Å². The lowest BCUT2D eigenvalue weighted by molar-refractivity contribution is -0.274. The van der Waals surface area contributed by atoms with E-state index in [1.807, 2.05) is 0 Å². The van der Waals surface area contributed by atoms with E-state index in [4.69, 9.17) is 5.73 Å². The molecule has 0 saturated heterocycles. The Kier molecular flexibility index (Phi) is 3.59. The fourth-order valence-corrected chi connectivity index (χ4v) is 3.39. The molecule has 0 amide bonds. The van der Waals surface area contributed by atoms with Crippen molar-refractivity contribution in [1.82, 2.24) is 13.9 Å². The van der Waals surface area contributed by atoms with Crippen molar-refractivity contribution in [2.24, 2.45) is 0 Å². The Morgan fingerprint density at radius 1 is 1.21 bits per heavy atom. The topological polar surface area (TPSA) is 100 Å². The first kappa shape index (κ1) is 16.1. The summed E-state index contributed by atoms with van der Waals surface area (Å²) in [7, 11) is -4.19. The van der Waals surface area contributed by atoms with Gasteiger partial charge in [-0.05, 0) is 18.2 Å². The lowest BCUT2D eigenvalue weighted by Gasteiger charge is -2.11. The van der Waals surface area contributed by atoms with E-state index in [1.165, 1.54) is 18.5 Å². The van der Waals surface area contributed by atoms with Crippen LogP contribution in [0.15, 0.2) is 47.6 Å². The van der Waals surface area contributed by atoms with E-state index in [2.05, 4.69) is 14.7 Å². The standard InChI is InChI=1S/C13H9F3N4O3S/c14-13(15,16)23-9-2-1-3-10(6-9)24(21,22)20-5-4-8-7-18-12(17)19-11(8)20/h1-7H,(H2,17,18,19). The molecule has 2 aromatic heterocycles. The highest BCUT2D eigenvalue weighted by molar-refractivity contribution is 7.90. The van der Waals surface area contributed by atoms with E-state index in [-0.39, 0.29) is 16.5 Å². The van der Waals surface area contributed by atoms with Crippen molar-refractivity contribution in [2.45, 2.75) is 11.3 Å². The average Bonchev–Trinajstić information content (AvgIpc) is 2.89. The summed E-state index contributed by atoms with van der Waals surface area (Å²) in [5.41, 5.74) is 5.47. The summed E-state index contributed by atoms with van der Waals surface area (Å²) in [6.07, 6.45) is -2.37. The molecule has 0 fully saturated rings. The highest BCUT2D eigenvalue weighted by atomic mass is 32.2. The van der Waals surface area contributed by atoms with Gasteiger partial charge in [-0.3, -0.25) is 0 Å². The molecule has 126 valence electrons. The SMILES string of the molecule is Nc1ncc2ccn(S(=O)(=O)c3cccc(OC(F)(F)F)c3)c2n1. The zero-order valence-electron chi connectivity index (χ0n) is 11.7. The van der Waals surface area contributed by atoms with Crippen LogP contribution in [0.3, 0.4) is 0 Å². The lowest BCUT2D eigenvalue weighted by atomic mass is 10.3. The molecule has 24 heavy (non-hydrogen) atoms. The van der Waals surface area contributed by atoms with Crippen molar-refractivity contribution < 1.29 is 26.3 Å². The number of nitrogen functional groups attached to an aromatic ring is 1. The minimum Gasteiger partial charge on any atom is -0.406 e. The Morgan fingerprint density at radius 3 is 2.67 bits per heavy atom. The van der Waals surface area contributed by atoms with E-state index < -0.39 is 22.1 Å². The van der Waals surface area contributed by atoms with Crippen LogP contribution in [0.2, 0.25) is 0 Å². The summed E-state index contributed by atoms with van der Waals surface area (Å²) in [5.74, 6) is -0.777. The van der Waals surface area contributed by atoms with Gasteiger partial charge in [0.15, 0.2) is 5.65 Å². The fraction of sp³-hybridized carbons (Fsp3) is 0.0769. The number of benzene rings is 1. The van der Waals surface area contributed by atoms with Gasteiger partial charge in [-0.1, -0.05) is 6.07 Å². The van der Waals surface area contributed by atoms with Gasteiger partial charge in [0.05, 0.1) is 4.90 Å². The third-order valence-electron chi connectivity index (χ3n) is 3.01. The summed E-state index contributed by atoms with van der Waals surface area (Å²) in [6, 6.07) is 5.51. The third-order valence-corrected chi connectivity index (χ3v) is 4.67. The Bertz CT molecular complexity index is 1010. The second kappa shape index (κ2) is 5.37. The van der Waals surface area contributed by atoms with Crippen molar-refractivity contribution >= 4 is 27.0 Å². The first-order valence-corrected chi connectivity index (χ1v) is 7.82. The van der Waals surface area contributed by atoms with Crippen LogP contribution >= 0.6 is 0 Å². The number of anilines is 1. The predicted octanol–water partition coefficient (Wildman–Crippen LogP) is 2.15. The number of ether oxygens (including phenoxy) is 1. The highest BCUT2D eigenvalue weighted by Crippen LogP contribution is 2.27. The van der Waals surface area contributed by atoms with E-state index in [9.17, 15) is 21.6 Å². The molecule has 1 aromatic carbocycles. The number of alkyl halides is 3. The Morgan fingerprint density at radius 2 is 1.96 bits per heavy atom. The van der Waals surface area contributed by atoms with Gasteiger partial charge >= 0.3 is 6.36 Å². The monoisotopic (exact) mass is 358 g/mol. The fourth-order valence-electron chi connectivity index (χ4n) is 2.05. The number of aromatic nitrogens is 3. The maximum Gasteiger partial charge on any atom is 0.573 e. The molecule has 0 spiro atoms. The van der Waals surface area contributed by atoms with Crippen molar-refractivity contribution in [3.05, 3.63) is 42.7 Å². The number of fused-ring (bicyclic) bond motifs is 1. The largest absolute Gasteiger partial charge is 0.573 e. The normalized spacial score (nSPS) is 12.5. The van der Waals surface area contributed by atoms with Crippen LogP contribution < -0.4 is 10.5 Å². The second-order valence-electron chi connectivity index (χ2n) is 4.65. The van der Waals surface area contributed by atoms with Crippen LogP contribution in [0.1, 0.15) is 0 Å². The van der Waals surface area contributed by atoms with Crippen LogP contribution in [-0.4, -0.2) is 28.7 Å². The molecule has 2 N–H and O–H groups in total. The summed E-state index contributed by atoms with van der Waals surface area (Å²) in [4.78, 5) is 7.20. The van der Waals surface area contributed by atoms with E-state index >= 15 is 0 Å². The maximum absolute atomic E-state index is 12.7. The Hall–Kier alpha value is -2.82. The molecule has 0 unspecified atom stereocenters. The average molecular weight is 358 g/mol. The first-order chi connectivity index (χ1) is 11.2. The summed E-state index contributed by atoms with van der Waals surface area (Å²) >= 11 is 0. The minimum absolute atomic E-state index is 0.0182. The van der Waals surface area contributed by atoms with Crippen LogP contribution in [0.5, 0.6) is 5.75 Å². The molecule has 3 aromatic rings. The zero-order valence-corrected chi connectivity index (χ0v) is 12.5. The number of nitrogens with two attached hydrogens (primary N) is 1. The summed E-state index contributed by atoms with van der Waals surface area (Å²) < 4.78 is 66.7. The molecule has 0 bridgehead atoms. The number of hydrogen-bond acceptors (Lipinski definition) is 6. The molecule has 7 nitrogen and oxygen atoms in total.